The third-order valence-corrected chi connectivity index (χ3v) is 5.62. The number of carbonyl (C=O) groups excluding carboxylic acids is 1. The number of hydrogen-bond acceptors (Lipinski definition) is 3. The van der Waals surface area contributed by atoms with Gasteiger partial charge in [0.05, 0.1) is 11.4 Å². The highest BCUT2D eigenvalue weighted by atomic mass is 35.5. The van der Waals surface area contributed by atoms with Crippen molar-refractivity contribution in [3.8, 4) is 5.69 Å². The van der Waals surface area contributed by atoms with Gasteiger partial charge in [0.25, 0.3) is 5.91 Å². The smallest absolute Gasteiger partial charge is 0.272 e. The Bertz CT molecular complexity index is 1020. The van der Waals surface area contributed by atoms with Crippen LogP contribution in [0.5, 0.6) is 0 Å². The van der Waals surface area contributed by atoms with E-state index in [4.69, 9.17) is 11.6 Å². The molecule has 2 heterocycles. The number of para-hydroxylation sites is 1. The van der Waals surface area contributed by atoms with E-state index in [1.807, 2.05) is 42.2 Å². The molecule has 2 aromatic carbocycles. The molecule has 1 aromatic heterocycles. The number of carbonyl (C=O) groups is 1. The number of rotatable bonds is 4. The fourth-order valence-corrected chi connectivity index (χ4v) is 4.07. The molecule has 0 unspecified atom stereocenters. The molecule has 1 amide bonds. The lowest BCUT2D eigenvalue weighted by Gasteiger charge is -2.37. The van der Waals surface area contributed by atoms with E-state index in [-0.39, 0.29) is 5.91 Å². The van der Waals surface area contributed by atoms with Gasteiger partial charge in [-0.15, -0.1) is 0 Å². The number of aromatic nitrogens is 2. The summed E-state index contributed by atoms with van der Waals surface area (Å²) in [5, 5.41) is 5.15. The van der Waals surface area contributed by atoms with E-state index >= 15 is 0 Å². The minimum Gasteiger partial charge on any atom is -0.368 e. The Labute approximate surface area is 176 Å². The maximum Gasteiger partial charge on any atom is 0.272 e. The van der Waals surface area contributed by atoms with Crippen molar-refractivity contribution < 1.29 is 4.79 Å². The van der Waals surface area contributed by atoms with Gasteiger partial charge in [-0.1, -0.05) is 42.8 Å². The van der Waals surface area contributed by atoms with Crippen molar-refractivity contribution in [3.05, 3.63) is 76.6 Å². The molecule has 4 rings (SSSR count). The molecule has 5 nitrogen and oxygen atoms in total. The van der Waals surface area contributed by atoms with Crippen LogP contribution < -0.4 is 4.90 Å². The number of piperazine rings is 1. The molecule has 1 aliphatic heterocycles. The third-order valence-electron chi connectivity index (χ3n) is 5.38. The summed E-state index contributed by atoms with van der Waals surface area (Å²) in [5.41, 5.74) is 4.81. The zero-order valence-electron chi connectivity index (χ0n) is 16.8. The molecule has 3 aromatic rings. The van der Waals surface area contributed by atoms with Crippen molar-refractivity contribution in [2.45, 2.75) is 20.3 Å². The van der Waals surface area contributed by atoms with Crippen LogP contribution in [-0.2, 0) is 6.42 Å². The van der Waals surface area contributed by atoms with Crippen LogP contribution in [0.15, 0.2) is 54.6 Å². The van der Waals surface area contributed by atoms with Gasteiger partial charge in [0.2, 0.25) is 0 Å². The van der Waals surface area contributed by atoms with Gasteiger partial charge in [-0.3, -0.25) is 4.79 Å². The van der Waals surface area contributed by atoms with E-state index in [1.165, 1.54) is 11.3 Å². The summed E-state index contributed by atoms with van der Waals surface area (Å²) in [7, 11) is 0. The highest BCUT2D eigenvalue weighted by Crippen LogP contribution is 2.23. The summed E-state index contributed by atoms with van der Waals surface area (Å²) < 4.78 is 1.70. The van der Waals surface area contributed by atoms with Crippen molar-refractivity contribution in [2.24, 2.45) is 0 Å². The summed E-state index contributed by atoms with van der Waals surface area (Å²) in [6.07, 6.45) is 1.01. The number of benzene rings is 2. The van der Waals surface area contributed by atoms with Crippen molar-refractivity contribution in [1.82, 2.24) is 14.7 Å². The second kappa shape index (κ2) is 8.29. The standard InChI is InChI=1S/C23H25ClN4O/c1-3-18-7-4-5-10-21(18)26-11-13-27(14-12-26)23(29)22-15-17(2)25-28(22)20-9-6-8-19(24)16-20/h4-10,15-16H,3,11-14H2,1-2H3. The zero-order valence-corrected chi connectivity index (χ0v) is 17.6. The molecule has 0 spiro atoms. The van der Waals surface area contributed by atoms with Crippen molar-refractivity contribution in [1.29, 1.82) is 0 Å². The molecule has 0 saturated carbocycles. The Hall–Kier alpha value is -2.79. The molecular weight excluding hydrogens is 384 g/mol. The van der Waals surface area contributed by atoms with E-state index in [9.17, 15) is 4.79 Å². The molecule has 0 radical (unpaired) electrons. The van der Waals surface area contributed by atoms with Crippen LogP contribution >= 0.6 is 11.6 Å². The van der Waals surface area contributed by atoms with E-state index in [1.54, 1.807) is 4.68 Å². The van der Waals surface area contributed by atoms with Crippen LogP contribution in [0.25, 0.3) is 5.69 Å². The first-order chi connectivity index (χ1) is 14.1. The van der Waals surface area contributed by atoms with Gasteiger partial charge in [0, 0.05) is 36.9 Å². The number of halogens is 1. The maximum absolute atomic E-state index is 13.3. The maximum atomic E-state index is 13.3. The Kier molecular flexibility index (Phi) is 5.58. The first-order valence-corrected chi connectivity index (χ1v) is 10.4. The quantitative estimate of drug-likeness (QED) is 0.644. The topological polar surface area (TPSA) is 41.4 Å². The van der Waals surface area contributed by atoms with Gasteiger partial charge in [-0.2, -0.15) is 5.10 Å². The van der Waals surface area contributed by atoms with Crippen LogP contribution in [0.3, 0.4) is 0 Å². The fourth-order valence-electron chi connectivity index (χ4n) is 3.89. The lowest BCUT2D eigenvalue weighted by Crippen LogP contribution is -2.49. The monoisotopic (exact) mass is 408 g/mol. The minimum atomic E-state index is 0.00834. The average molecular weight is 409 g/mol. The van der Waals surface area contributed by atoms with Gasteiger partial charge >= 0.3 is 0 Å². The van der Waals surface area contributed by atoms with E-state index in [2.05, 4.69) is 41.2 Å². The van der Waals surface area contributed by atoms with E-state index in [0.717, 1.165) is 30.9 Å². The highest BCUT2D eigenvalue weighted by molar-refractivity contribution is 6.30. The van der Waals surface area contributed by atoms with Crippen molar-refractivity contribution in [2.75, 3.05) is 31.1 Å². The van der Waals surface area contributed by atoms with E-state index < -0.39 is 0 Å². The van der Waals surface area contributed by atoms with Gasteiger partial charge in [-0.25, -0.2) is 4.68 Å². The molecule has 1 aliphatic rings. The predicted octanol–water partition coefficient (Wildman–Crippen LogP) is 4.36. The van der Waals surface area contributed by atoms with Crippen molar-refractivity contribution >= 4 is 23.2 Å². The average Bonchev–Trinajstić information content (AvgIpc) is 3.15. The fraction of sp³-hybridized carbons (Fsp3) is 0.304. The number of hydrogen-bond donors (Lipinski definition) is 0. The lowest BCUT2D eigenvalue weighted by atomic mass is 10.1. The van der Waals surface area contributed by atoms with E-state index in [0.29, 0.717) is 23.8 Å². The zero-order chi connectivity index (χ0) is 20.4. The summed E-state index contributed by atoms with van der Waals surface area (Å²) in [4.78, 5) is 17.6. The molecule has 0 bridgehead atoms. The summed E-state index contributed by atoms with van der Waals surface area (Å²) >= 11 is 6.14. The molecule has 0 aliphatic carbocycles. The highest BCUT2D eigenvalue weighted by Gasteiger charge is 2.26. The molecule has 29 heavy (non-hydrogen) atoms. The first kappa shape index (κ1) is 19.5. The van der Waals surface area contributed by atoms with Gasteiger partial charge < -0.3 is 9.80 Å². The summed E-state index contributed by atoms with van der Waals surface area (Å²) in [6, 6.07) is 17.8. The summed E-state index contributed by atoms with van der Waals surface area (Å²) in [5.74, 6) is 0.00834. The Balaban J connectivity index is 1.52. The van der Waals surface area contributed by atoms with Gasteiger partial charge in [-0.05, 0) is 49.2 Å². The van der Waals surface area contributed by atoms with Crippen LogP contribution in [0.2, 0.25) is 5.02 Å². The number of anilines is 1. The predicted molar refractivity (Wildman–Crippen MR) is 117 cm³/mol. The van der Waals surface area contributed by atoms with Gasteiger partial charge in [0.1, 0.15) is 5.69 Å². The van der Waals surface area contributed by atoms with Crippen LogP contribution in [-0.4, -0.2) is 46.8 Å². The molecule has 6 heteroatoms. The Morgan fingerprint density at radius 1 is 1.03 bits per heavy atom. The van der Waals surface area contributed by atoms with Crippen LogP contribution in [0.4, 0.5) is 5.69 Å². The number of amides is 1. The molecular formula is C23H25ClN4O. The normalized spacial score (nSPS) is 14.3. The molecule has 0 N–H and O–H groups in total. The van der Waals surface area contributed by atoms with Crippen LogP contribution in [0, 0.1) is 6.92 Å². The SMILES string of the molecule is CCc1ccccc1N1CCN(C(=O)c2cc(C)nn2-c2cccc(Cl)c2)CC1. The van der Waals surface area contributed by atoms with Crippen LogP contribution in [0.1, 0.15) is 28.7 Å². The minimum absolute atomic E-state index is 0.00834. The second-order valence-corrected chi connectivity index (χ2v) is 7.76. The Morgan fingerprint density at radius 2 is 1.79 bits per heavy atom. The number of nitrogens with zero attached hydrogens (tertiary/aromatic N) is 4. The lowest BCUT2D eigenvalue weighted by molar-refractivity contribution is 0.0737. The molecule has 1 fully saturated rings. The molecule has 150 valence electrons. The molecule has 1 saturated heterocycles. The largest absolute Gasteiger partial charge is 0.368 e. The molecule has 0 atom stereocenters. The Morgan fingerprint density at radius 3 is 2.52 bits per heavy atom. The number of aryl methyl sites for hydroxylation is 2. The van der Waals surface area contributed by atoms with Gasteiger partial charge in [0.15, 0.2) is 0 Å². The summed E-state index contributed by atoms with van der Waals surface area (Å²) in [6.45, 7) is 7.11. The van der Waals surface area contributed by atoms with Crippen molar-refractivity contribution in [3.63, 3.8) is 0 Å². The first-order valence-electron chi connectivity index (χ1n) is 10.0. The second-order valence-electron chi connectivity index (χ2n) is 7.32. The third kappa shape index (κ3) is 4.01.